The van der Waals surface area contributed by atoms with Crippen molar-refractivity contribution in [2.45, 2.75) is 467 Å². The van der Waals surface area contributed by atoms with Crippen molar-refractivity contribution in [2.75, 3.05) is 0 Å². The van der Waals surface area contributed by atoms with Crippen LogP contribution in [0.4, 0.5) is 11.4 Å². The maximum atomic E-state index is 6.18. The SMILES string of the molecule is CCCCCC/C=C/CCc1cc(/N=C/C(CCCCCCCC)=N/c2cc(CC/C=C/CCCCCC)c(CC/C=C/CCCCCC)c(CC/C=C/CCCCCC)c2CC/C=C/CCCCCC)c(CC/C=C/CCCCCC)c(CC/C=C/CCCCCC)c1CC/C=C/CCCCCC.[Ni+2]. The Bertz CT molecular complexity index is 2590. The molecule has 105 heavy (non-hydrogen) atoms. The molecule has 3 heteroatoms. The molecule has 0 spiro atoms. The van der Waals surface area contributed by atoms with Gasteiger partial charge < -0.3 is 0 Å². The van der Waals surface area contributed by atoms with Gasteiger partial charge in [0.1, 0.15) is 0 Å². The molecule has 0 saturated heterocycles. The van der Waals surface area contributed by atoms with Crippen LogP contribution in [0, 0.1) is 0 Å². The minimum Gasteiger partial charge on any atom is -0.255 e. The van der Waals surface area contributed by atoms with Crippen LogP contribution < -0.4 is 0 Å². The first-order valence-corrected chi connectivity index (χ1v) is 46.1. The van der Waals surface area contributed by atoms with Gasteiger partial charge in [0.05, 0.1) is 17.1 Å². The van der Waals surface area contributed by atoms with Crippen LogP contribution in [-0.2, 0) is 67.9 Å². The van der Waals surface area contributed by atoms with Crippen molar-refractivity contribution in [2.24, 2.45) is 9.98 Å². The van der Waals surface area contributed by atoms with E-state index >= 15 is 0 Å². The number of nitrogens with zero attached hydrogens (tertiary/aromatic N) is 2. The van der Waals surface area contributed by atoms with E-state index in [-0.39, 0.29) is 16.5 Å². The summed E-state index contributed by atoms with van der Waals surface area (Å²) in [5.41, 5.74) is 16.2. The Morgan fingerprint density at radius 2 is 0.429 bits per heavy atom. The van der Waals surface area contributed by atoms with Gasteiger partial charge in [0.25, 0.3) is 0 Å². The van der Waals surface area contributed by atoms with Crippen LogP contribution in [0.3, 0.4) is 0 Å². The molecule has 0 aliphatic heterocycles. The summed E-state index contributed by atoms with van der Waals surface area (Å²) in [4.78, 5) is 12.2. The van der Waals surface area contributed by atoms with Crippen LogP contribution in [-0.4, -0.2) is 11.9 Å². The molecule has 0 aliphatic carbocycles. The van der Waals surface area contributed by atoms with E-state index in [4.69, 9.17) is 9.98 Å². The van der Waals surface area contributed by atoms with Gasteiger partial charge in [-0.25, -0.2) is 0 Å². The first-order chi connectivity index (χ1) is 51.5. The first-order valence-electron chi connectivity index (χ1n) is 46.1. The summed E-state index contributed by atoms with van der Waals surface area (Å²) in [7, 11) is 0. The number of allylic oxidation sites excluding steroid dienone is 16. The molecular weight excluding hydrogens is 1310 g/mol. The fourth-order valence-electron chi connectivity index (χ4n) is 15.0. The fourth-order valence-corrected chi connectivity index (χ4v) is 15.0. The van der Waals surface area contributed by atoms with Crippen LogP contribution in [0.25, 0.3) is 0 Å². The number of hydrogen-bond acceptors (Lipinski definition) is 2. The minimum atomic E-state index is 0. The van der Waals surface area contributed by atoms with Gasteiger partial charge in [0.2, 0.25) is 0 Å². The van der Waals surface area contributed by atoms with Crippen molar-refractivity contribution < 1.29 is 16.5 Å². The van der Waals surface area contributed by atoms with Gasteiger partial charge >= 0.3 is 16.5 Å². The smallest absolute Gasteiger partial charge is 0.255 e. The predicted octanol–water partition coefficient (Wildman–Crippen LogP) is 34.6. The summed E-state index contributed by atoms with van der Waals surface area (Å²) in [6.07, 6.45) is 120. The van der Waals surface area contributed by atoms with E-state index in [1.54, 1.807) is 27.8 Å². The largest absolute Gasteiger partial charge is 2.00 e. The third kappa shape index (κ3) is 54.5. The maximum absolute atomic E-state index is 6.18. The third-order valence-corrected chi connectivity index (χ3v) is 21.5. The summed E-state index contributed by atoms with van der Waals surface area (Å²) in [6, 6.07) is 5.26. The van der Waals surface area contributed by atoms with Gasteiger partial charge in [-0.2, -0.15) is 0 Å². The normalized spacial score (nSPS) is 12.6. The minimum absolute atomic E-state index is 0. The van der Waals surface area contributed by atoms with Crippen molar-refractivity contribution in [1.29, 1.82) is 0 Å². The molecular formula is C102H172N2Ni+2. The molecule has 0 saturated carbocycles. The third-order valence-electron chi connectivity index (χ3n) is 21.5. The second-order valence-corrected chi connectivity index (χ2v) is 31.2. The number of benzene rings is 2. The Morgan fingerprint density at radius 1 is 0.219 bits per heavy atom. The zero-order valence-electron chi connectivity index (χ0n) is 71.2. The Morgan fingerprint density at radius 3 is 0.714 bits per heavy atom. The van der Waals surface area contributed by atoms with Crippen LogP contribution >= 0.6 is 0 Å². The van der Waals surface area contributed by atoms with Crippen LogP contribution in [0.1, 0.15) is 460 Å². The first kappa shape index (κ1) is 99.2. The molecule has 0 N–H and O–H groups in total. The van der Waals surface area contributed by atoms with E-state index in [2.05, 4.69) is 178 Å². The molecule has 2 aromatic rings. The summed E-state index contributed by atoms with van der Waals surface area (Å²) in [5.74, 6) is 0. The van der Waals surface area contributed by atoms with Crippen molar-refractivity contribution >= 4 is 23.3 Å². The summed E-state index contributed by atoms with van der Waals surface area (Å²) < 4.78 is 0. The van der Waals surface area contributed by atoms with Gasteiger partial charge in [-0.05, 0) is 275 Å². The van der Waals surface area contributed by atoms with Crippen molar-refractivity contribution in [3.63, 3.8) is 0 Å². The average molecular weight is 1490 g/mol. The Hall–Kier alpha value is -3.81. The molecule has 598 valence electrons. The van der Waals surface area contributed by atoms with Crippen LogP contribution in [0.2, 0.25) is 0 Å². The van der Waals surface area contributed by atoms with Gasteiger partial charge in [-0.1, -0.05) is 346 Å². The molecule has 0 amide bonds. The van der Waals surface area contributed by atoms with Crippen molar-refractivity contribution in [3.05, 3.63) is 154 Å². The number of hydrogen-bond donors (Lipinski definition) is 0. The topological polar surface area (TPSA) is 24.7 Å². The summed E-state index contributed by atoms with van der Waals surface area (Å²) in [5, 5.41) is 0. The zero-order valence-corrected chi connectivity index (χ0v) is 72.2. The van der Waals surface area contributed by atoms with E-state index in [0.29, 0.717) is 0 Å². The molecule has 0 heterocycles. The van der Waals surface area contributed by atoms with Gasteiger partial charge in [0, 0.05) is 6.21 Å². The average Bonchev–Trinajstić information content (AvgIpc) is 0.798. The van der Waals surface area contributed by atoms with Gasteiger partial charge in [-0.15, -0.1) is 0 Å². The van der Waals surface area contributed by atoms with Crippen molar-refractivity contribution in [3.8, 4) is 0 Å². The Labute approximate surface area is 666 Å². The maximum Gasteiger partial charge on any atom is 2.00 e. The van der Waals surface area contributed by atoms with E-state index < -0.39 is 0 Å². The molecule has 0 fully saturated rings. The number of unbranched alkanes of at least 4 members (excludes halogenated alkanes) is 37. The Kier molecular flexibility index (Phi) is 72.7. The second-order valence-electron chi connectivity index (χ2n) is 31.2. The quantitative estimate of drug-likeness (QED) is 0.0273. The molecule has 0 atom stereocenters. The van der Waals surface area contributed by atoms with Crippen LogP contribution in [0.15, 0.2) is 119 Å². The summed E-state index contributed by atoms with van der Waals surface area (Å²) >= 11 is 0. The number of aliphatic imine (C=N–C) groups is 2. The monoisotopic (exact) mass is 1480 g/mol. The van der Waals surface area contributed by atoms with Gasteiger partial charge in [-0.3, -0.25) is 9.98 Å². The van der Waals surface area contributed by atoms with Gasteiger partial charge in [0.15, 0.2) is 0 Å². The summed E-state index contributed by atoms with van der Waals surface area (Å²) in [6.45, 7) is 21.0. The Balaban J connectivity index is 0.0000551. The second kappa shape index (κ2) is 76.9. The predicted molar refractivity (Wildman–Crippen MR) is 476 cm³/mol. The molecule has 2 nitrogen and oxygen atoms in total. The number of aryl methyl sites for hydroxylation is 2. The van der Waals surface area contributed by atoms with E-state index in [0.717, 1.165) is 116 Å². The molecule has 2 rings (SSSR count). The molecule has 0 radical (unpaired) electrons. The molecule has 0 aliphatic rings. The van der Waals surface area contributed by atoms with E-state index in [9.17, 15) is 0 Å². The molecule has 0 bridgehead atoms. The molecule has 0 aromatic heterocycles. The fraction of sp³-hybridized carbons (Fsp3) is 0.706. The number of rotatable bonds is 74. The van der Waals surface area contributed by atoms with E-state index in [1.807, 2.05) is 0 Å². The van der Waals surface area contributed by atoms with Crippen LogP contribution in [0.5, 0.6) is 0 Å². The van der Waals surface area contributed by atoms with E-state index in [1.165, 1.54) is 323 Å². The standard InChI is InChI=1S/C102H172N2.Ni/c1-10-19-28-37-46-54-62-71-80-92-89-101(99(87-78-69-60-52-43-34-25-16-7)97(85-76-67-58-50-41-32-23-14-5)95(92)83-74-65-56-48-39-30-21-12-3)103-91-94(82-73-64-45-36-27-18-9)104-102-90-93(81-72-63-55-47-38-29-20-11-2)96(84-75-66-57-49-40-31-22-13-4)98(86-77-68-59-51-42-33-24-15-6)100(102)88-79-70-61-53-44-35-26-17-8;/h54-63,65-70,89-91H,10-53,64,71-88H2,1-9H3;/q;+2/b62-54+,63-55+,65-56+,66-57+,67-58+,68-59+,69-60+,70-61+,103-91+,104-94+;. The van der Waals surface area contributed by atoms with Crippen molar-refractivity contribution in [1.82, 2.24) is 0 Å². The molecule has 0 unspecified atom stereocenters. The zero-order chi connectivity index (χ0) is 74.7. The molecule has 2 aromatic carbocycles.